The van der Waals surface area contributed by atoms with E-state index in [9.17, 15) is 0 Å². The lowest BCUT2D eigenvalue weighted by atomic mass is 10.0. The Morgan fingerprint density at radius 3 is 1.16 bits per heavy atom. The van der Waals surface area contributed by atoms with Gasteiger partial charge in [-0.25, -0.2) is 0 Å². The number of halogens is 1. The number of rotatable bonds is 16. The summed E-state index contributed by atoms with van der Waals surface area (Å²) in [6, 6.07) is 0. The monoisotopic (exact) mass is 342 g/mol. The van der Waals surface area contributed by atoms with Crippen molar-refractivity contribution in [3.05, 3.63) is 0 Å². The minimum Gasteiger partial charge on any atom is -0.307 e. The average Bonchev–Trinajstić information content (AvgIpc) is 2.43. The maximum atomic E-state index is 3.63. The molecule has 0 aliphatic carbocycles. The fraction of sp³-hybridized carbons (Fsp3) is 1.00. The van der Waals surface area contributed by atoms with Crippen molar-refractivity contribution in [1.82, 2.24) is 0 Å². The number of hydrogen-bond acceptors (Lipinski definition) is 0. The highest BCUT2D eigenvalue weighted by molar-refractivity contribution is 9.23. The zero-order valence-electron chi connectivity index (χ0n) is 13.4. The first-order valence-electron chi connectivity index (χ1n) is 8.97. The smallest absolute Gasteiger partial charge is 0.307 e. The molecule has 0 aliphatic rings. The van der Waals surface area contributed by atoms with Gasteiger partial charge < -0.3 is 12.9 Å². The molecule has 0 saturated carbocycles. The molecular formula is C17H35BrMg. The average molecular weight is 344 g/mol. The van der Waals surface area contributed by atoms with Crippen molar-refractivity contribution in [1.29, 1.82) is 0 Å². The van der Waals surface area contributed by atoms with Crippen LogP contribution in [0.3, 0.4) is 0 Å². The van der Waals surface area contributed by atoms with E-state index in [-0.39, 0.29) is 18.2 Å². The van der Waals surface area contributed by atoms with Gasteiger partial charge in [-0.3, -0.25) is 0 Å². The van der Waals surface area contributed by atoms with Crippen LogP contribution in [-0.4, -0.2) is 18.2 Å². The van der Waals surface area contributed by atoms with E-state index in [1.165, 1.54) is 101 Å². The summed E-state index contributed by atoms with van der Waals surface area (Å²) in [4.78, 5) is 0. The van der Waals surface area contributed by atoms with Crippen molar-refractivity contribution >= 4 is 31.1 Å². The third-order valence-corrected chi connectivity index (χ3v) is 6.44. The van der Waals surface area contributed by atoms with E-state index >= 15 is 0 Å². The van der Waals surface area contributed by atoms with Crippen LogP contribution in [0.1, 0.15) is 103 Å². The van der Waals surface area contributed by atoms with Gasteiger partial charge in [0.05, 0.1) is 0 Å². The van der Waals surface area contributed by atoms with E-state index in [0.29, 0.717) is 0 Å². The molecule has 0 aromatic carbocycles. The predicted octanol–water partition coefficient (Wildman–Crippen LogP) is 7.29. The Morgan fingerprint density at radius 1 is 0.526 bits per heavy atom. The van der Waals surface area contributed by atoms with Crippen molar-refractivity contribution in [3.8, 4) is 0 Å². The lowest BCUT2D eigenvalue weighted by Crippen LogP contribution is -1.84. The molecule has 19 heavy (non-hydrogen) atoms. The van der Waals surface area contributed by atoms with Crippen LogP contribution in [-0.2, 0) is 0 Å². The minimum absolute atomic E-state index is 0.163. The molecule has 0 unspecified atom stereocenters. The highest BCUT2D eigenvalue weighted by atomic mass is 79.9. The Morgan fingerprint density at radius 2 is 0.842 bits per heavy atom. The van der Waals surface area contributed by atoms with Crippen molar-refractivity contribution in [2.45, 2.75) is 108 Å². The molecule has 2 heteroatoms. The van der Waals surface area contributed by atoms with Crippen molar-refractivity contribution in [2.75, 3.05) is 0 Å². The van der Waals surface area contributed by atoms with Gasteiger partial charge >= 0.3 is 18.2 Å². The van der Waals surface area contributed by atoms with E-state index < -0.39 is 0 Å². The Balaban J connectivity index is 2.88. The fourth-order valence-corrected chi connectivity index (χ4v) is 4.37. The van der Waals surface area contributed by atoms with Gasteiger partial charge in [0.25, 0.3) is 0 Å². The van der Waals surface area contributed by atoms with Crippen LogP contribution in [0.5, 0.6) is 0 Å². The molecule has 112 valence electrons. The highest BCUT2D eigenvalue weighted by Crippen LogP contribution is 2.13. The SMILES string of the molecule is CCCCCCCCCCCCCCCC[CH2][Mg][Br]. The van der Waals surface area contributed by atoms with Gasteiger partial charge in [-0.2, -0.15) is 0 Å². The first-order valence-corrected chi connectivity index (χ1v) is 13.9. The van der Waals surface area contributed by atoms with Crippen LogP contribution in [0.15, 0.2) is 0 Å². The van der Waals surface area contributed by atoms with Gasteiger partial charge in [-0.15, -0.1) is 4.55 Å². The van der Waals surface area contributed by atoms with Gasteiger partial charge in [0, 0.05) is 0 Å². The quantitative estimate of drug-likeness (QED) is 0.204. The van der Waals surface area contributed by atoms with E-state index in [1.807, 2.05) is 0 Å². The maximum Gasteiger partial charge on any atom is 0.468 e. The highest BCUT2D eigenvalue weighted by Gasteiger charge is 1.94. The molecule has 0 fully saturated rings. The van der Waals surface area contributed by atoms with Crippen LogP contribution in [0.4, 0.5) is 0 Å². The number of hydrogen-bond donors (Lipinski definition) is 0. The molecule has 0 aromatic heterocycles. The minimum atomic E-state index is 0.163. The van der Waals surface area contributed by atoms with E-state index in [0.717, 1.165) is 0 Å². The summed E-state index contributed by atoms with van der Waals surface area (Å²) >= 11 is 3.79. The summed E-state index contributed by atoms with van der Waals surface area (Å²) in [5.74, 6) is 0. The van der Waals surface area contributed by atoms with Gasteiger partial charge in [0.2, 0.25) is 0 Å². The van der Waals surface area contributed by atoms with Crippen molar-refractivity contribution in [2.24, 2.45) is 0 Å². The summed E-state index contributed by atoms with van der Waals surface area (Å²) in [7, 11) is 0. The van der Waals surface area contributed by atoms with E-state index in [2.05, 4.69) is 19.8 Å². The molecule has 0 amide bonds. The lowest BCUT2D eigenvalue weighted by Gasteiger charge is -2.03. The van der Waals surface area contributed by atoms with Gasteiger partial charge in [-0.1, -0.05) is 103 Å². The summed E-state index contributed by atoms with van der Waals surface area (Å²) < 4.78 is 1.50. The molecule has 0 bridgehead atoms. The topological polar surface area (TPSA) is 0 Å². The van der Waals surface area contributed by atoms with Gasteiger partial charge in [0.15, 0.2) is 0 Å². The molecule has 0 rings (SSSR count). The standard InChI is InChI=1S/C17H35.BrH.Mg/c1-3-5-7-9-11-13-15-17-16-14-12-10-8-6-4-2;;/h1,3-17H2,2H3;1H;/q;;+1/p-1. The van der Waals surface area contributed by atoms with Crippen LogP contribution < -0.4 is 0 Å². The number of unbranched alkanes of at least 4 members (excludes halogenated alkanes) is 14. The first-order chi connectivity index (χ1) is 9.41. The predicted molar refractivity (Wildman–Crippen MR) is 94.4 cm³/mol. The van der Waals surface area contributed by atoms with Crippen LogP contribution >= 0.6 is 12.9 Å². The van der Waals surface area contributed by atoms with Crippen LogP contribution in [0.2, 0.25) is 4.55 Å². The summed E-state index contributed by atoms with van der Waals surface area (Å²) in [6.07, 6.45) is 22.1. The third-order valence-electron chi connectivity index (χ3n) is 3.99. The molecule has 0 radical (unpaired) electrons. The Kier molecular flexibility index (Phi) is 20.5. The third kappa shape index (κ3) is 19.2. The first kappa shape index (κ1) is 20.2. The maximum absolute atomic E-state index is 3.63. The molecule has 0 heterocycles. The summed E-state index contributed by atoms with van der Waals surface area (Å²) in [6.45, 7) is 2.30. The molecule has 0 aromatic rings. The van der Waals surface area contributed by atoms with Gasteiger partial charge in [-0.05, 0) is 0 Å². The molecule has 0 atom stereocenters. The molecule has 0 N–H and O–H groups in total. The van der Waals surface area contributed by atoms with E-state index in [1.54, 1.807) is 0 Å². The van der Waals surface area contributed by atoms with Crippen LogP contribution in [0.25, 0.3) is 0 Å². The molecule has 0 aliphatic heterocycles. The fourth-order valence-electron chi connectivity index (χ4n) is 2.64. The van der Waals surface area contributed by atoms with Gasteiger partial charge in [0.1, 0.15) is 0 Å². The zero-order chi connectivity index (χ0) is 14.0. The Bertz CT molecular complexity index is 134. The Hall–Kier alpha value is 1.25. The Labute approximate surface area is 138 Å². The second kappa shape index (κ2) is 19.2. The molecule has 0 saturated heterocycles. The van der Waals surface area contributed by atoms with Crippen LogP contribution in [0, 0.1) is 0 Å². The molecular weight excluding hydrogens is 308 g/mol. The van der Waals surface area contributed by atoms with Crippen molar-refractivity contribution in [3.63, 3.8) is 0 Å². The lowest BCUT2D eigenvalue weighted by molar-refractivity contribution is 0.534. The largest absolute Gasteiger partial charge is 0.468 e. The second-order valence-electron chi connectivity index (χ2n) is 5.99. The van der Waals surface area contributed by atoms with Crippen molar-refractivity contribution < 1.29 is 0 Å². The molecule has 0 nitrogen and oxygen atoms in total. The zero-order valence-corrected chi connectivity index (χ0v) is 16.4. The normalized spacial score (nSPS) is 10.6. The molecule has 0 spiro atoms. The summed E-state index contributed by atoms with van der Waals surface area (Å²) in [5, 5.41) is 0. The second-order valence-corrected chi connectivity index (χ2v) is 9.46. The van der Waals surface area contributed by atoms with E-state index in [4.69, 9.17) is 0 Å². The summed E-state index contributed by atoms with van der Waals surface area (Å²) in [5.41, 5.74) is 0.